The Morgan fingerprint density at radius 2 is 1.30 bits per heavy atom. The maximum absolute atomic E-state index is 8.93. The van der Waals surface area contributed by atoms with Gasteiger partial charge in [0.05, 0.1) is 6.61 Å². The second-order valence-corrected chi connectivity index (χ2v) is 6.50. The first-order valence-corrected chi connectivity index (χ1v) is 9.61. The Hall–Kier alpha value is -2.55. The summed E-state index contributed by atoms with van der Waals surface area (Å²) in [6, 6.07) is 28.8. The highest BCUT2D eigenvalue weighted by molar-refractivity contribution is 6.18. The van der Waals surface area contributed by atoms with Crippen LogP contribution >= 0.6 is 11.6 Å². The third-order valence-electron chi connectivity index (χ3n) is 4.33. The summed E-state index contributed by atoms with van der Waals surface area (Å²) in [7, 11) is 0. The quantitative estimate of drug-likeness (QED) is 0.405. The Bertz CT molecular complexity index is 856. The van der Waals surface area contributed by atoms with Crippen LogP contribution in [0.1, 0.15) is 23.1 Å². The lowest BCUT2D eigenvalue weighted by atomic mass is 9.88. The topological polar surface area (TPSA) is 29.5 Å². The van der Waals surface area contributed by atoms with Crippen LogP contribution in [0.2, 0.25) is 0 Å². The molecule has 0 aliphatic heterocycles. The van der Waals surface area contributed by atoms with Gasteiger partial charge in [0.2, 0.25) is 0 Å². The minimum Gasteiger partial charge on any atom is -0.491 e. The van der Waals surface area contributed by atoms with Crippen LogP contribution in [0, 0.1) is 0 Å². The zero-order chi connectivity index (χ0) is 18.9. The number of hydrogen-bond acceptors (Lipinski definition) is 2. The standard InChI is InChI=1S/C24H23ClO2/c25-16-15-23(19-7-3-1-4-8-19)24(20-9-5-2-6-10-20)21-11-13-22(14-12-21)27-18-17-26/h1-14,26H,15-18H2/b24-23+. The molecule has 2 nitrogen and oxygen atoms in total. The summed E-state index contributed by atoms with van der Waals surface area (Å²) in [5.74, 6) is 1.30. The van der Waals surface area contributed by atoms with Crippen LogP contribution in [0.3, 0.4) is 0 Å². The number of alkyl halides is 1. The van der Waals surface area contributed by atoms with E-state index in [1.807, 2.05) is 24.3 Å². The van der Waals surface area contributed by atoms with E-state index in [9.17, 15) is 0 Å². The van der Waals surface area contributed by atoms with Crippen molar-refractivity contribution in [1.29, 1.82) is 0 Å². The third-order valence-corrected chi connectivity index (χ3v) is 4.52. The van der Waals surface area contributed by atoms with Gasteiger partial charge < -0.3 is 9.84 Å². The molecule has 0 aliphatic carbocycles. The molecule has 0 radical (unpaired) electrons. The summed E-state index contributed by atoms with van der Waals surface area (Å²) < 4.78 is 5.50. The van der Waals surface area contributed by atoms with Gasteiger partial charge in [-0.2, -0.15) is 0 Å². The molecule has 3 aromatic rings. The Morgan fingerprint density at radius 1 is 0.741 bits per heavy atom. The highest BCUT2D eigenvalue weighted by atomic mass is 35.5. The minimum atomic E-state index is 0.00476. The largest absolute Gasteiger partial charge is 0.491 e. The van der Waals surface area contributed by atoms with E-state index in [1.165, 1.54) is 16.7 Å². The van der Waals surface area contributed by atoms with Crippen molar-refractivity contribution < 1.29 is 9.84 Å². The predicted octanol–water partition coefficient (Wildman–Crippen LogP) is 5.65. The molecule has 0 aliphatic rings. The number of halogens is 1. The molecule has 1 N–H and O–H groups in total. The van der Waals surface area contributed by atoms with Gasteiger partial charge in [-0.15, -0.1) is 11.6 Å². The lowest BCUT2D eigenvalue weighted by molar-refractivity contribution is 0.201. The summed E-state index contributed by atoms with van der Waals surface area (Å²) in [6.07, 6.45) is 0.776. The summed E-state index contributed by atoms with van der Waals surface area (Å²) >= 11 is 6.17. The van der Waals surface area contributed by atoms with Crippen molar-refractivity contribution in [3.8, 4) is 5.75 Å². The van der Waals surface area contributed by atoms with Crippen molar-refractivity contribution in [3.63, 3.8) is 0 Å². The van der Waals surface area contributed by atoms with Gasteiger partial charge in [0.1, 0.15) is 12.4 Å². The van der Waals surface area contributed by atoms with E-state index in [0.29, 0.717) is 12.5 Å². The molecule has 0 amide bonds. The highest BCUT2D eigenvalue weighted by Crippen LogP contribution is 2.35. The molecule has 0 spiro atoms. The van der Waals surface area contributed by atoms with Gasteiger partial charge in [-0.3, -0.25) is 0 Å². The SMILES string of the molecule is OCCOc1ccc(/C(=C(\CCCl)c2ccccc2)c2ccccc2)cc1. The summed E-state index contributed by atoms with van der Waals surface area (Å²) in [5.41, 5.74) is 5.85. The number of hydrogen-bond donors (Lipinski definition) is 1. The van der Waals surface area contributed by atoms with E-state index in [0.717, 1.165) is 23.3 Å². The normalized spacial score (nSPS) is 11.8. The molecule has 0 unspecified atom stereocenters. The molecule has 0 aromatic heterocycles. The molecule has 27 heavy (non-hydrogen) atoms. The van der Waals surface area contributed by atoms with E-state index in [2.05, 4.69) is 60.7 Å². The second-order valence-electron chi connectivity index (χ2n) is 6.12. The molecular weight excluding hydrogens is 356 g/mol. The van der Waals surface area contributed by atoms with Crippen molar-refractivity contribution in [3.05, 3.63) is 102 Å². The van der Waals surface area contributed by atoms with Gasteiger partial charge in [0.25, 0.3) is 0 Å². The van der Waals surface area contributed by atoms with Crippen molar-refractivity contribution in [2.24, 2.45) is 0 Å². The van der Waals surface area contributed by atoms with Gasteiger partial charge in [0.15, 0.2) is 0 Å². The lowest BCUT2D eigenvalue weighted by Crippen LogP contribution is -2.01. The first kappa shape index (κ1) is 19.2. The second kappa shape index (κ2) is 9.96. The average molecular weight is 379 g/mol. The fraction of sp³-hybridized carbons (Fsp3) is 0.167. The predicted molar refractivity (Wildman–Crippen MR) is 113 cm³/mol. The van der Waals surface area contributed by atoms with E-state index >= 15 is 0 Å². The summed E-state index contributed by atoms with van der Waals surface area (Å²) in [6.45, 7) is 0.299. The third kappa shape index (κ3) is 5.00. The van der Waals surface area contributed by atoms with Gasteiger partial charge in [-0.1, -0.05) is 72.8 Å². The summed E-state index contributed by atoms with van der Waals surface area (Å²) in [4.78, 5) is 0. The van der Waals surface area contributed by atoms with E-state index in [-0.39, 0.29) is 6.61 Å². The maximum Gasteiger partial charge on any atom is 0.119 e. The molecule has 0 bridgehead atoms. The molecule has 0 heterocycles. The molecular formula is C24H23ClO2. The summed E-state index contributed by atoms with van der Waals surface area (Å²) in [5, 5.41) is 8.93. The molecule has 0 fully saturated rings. The monoisotopic (exact) mass is 378 g/mol. The number of aliphatic hydroxyl groups is 1. The first-order chi connectivity index (χ1) is 13.3. The maximum atomic E-state index is 8.93. The van der Waals surface area contributed by atoms with Crippen molar-refractivity contribution in [1.82, 2.24) is 0 Å². The Kier molecular flexibility index (Phi) is 7.09. The number of benzene rings is 3. The van der Waals surface area contributed by atoms with Crippen LogP contribution in [-0.2, 0) is 0 Å². The van der Waals surface area contributed by atoms with Crippen molar-refractivity contribution in [2.45, 2.75) is 6.42 Å². The first-order valence-electron chi connectivity index (χ1n) is 9.07. The van der Waals surface area contributed by atoms with Crippen molar-refractivity contribution >= 4 is 22.7 Å². The van der Waals surface area contributed by atoms with Crippen LogP contribution in [-0.4, -0.2) is 24.2 Å². The van der Waals surface area contributed by atoms with Crippen LogP contribution < -0.4 is 4.74 Å². The van der Waals surface area contributed by atoms with Crippen LogP contribution in [0.4, 0.5) is 0 Å². The van der Waals surface area contributed by atoms with Crippen LogP contribution in [0.15, 0.2) is 84.9 Å². The van der Waals surface area contributed by atoms with Crippen LogP contribution in [0.25, 0.3) is 11.1 Å². The van der Waals surface area contributed by atoms with E-state index < -0.39 is 0 Å². The fourth-order valence-corrected chi connectivity index (χ4v) is 3.34. The molecule has 0 saturated heterocycles. The van der Waals surface area contributed by atoms with Gasteiger partial charge in [-0.05, 0) is 46.4 Å². The number of allylic oxidation sites excluding steroid dienone is 1. The molecule has 3 aromatic carbocycles. The van der Waals surface area contributed by atoms with Crippen LogP contribution in [0.5, 0.6) is 5.75 Å². The minimum absolute atomic E-state index is 0.00476. The highest BCUT2D eigenvalue weighted by Gasteiger charge is 2.14. The molecule has 138 valence electrons. The van der Waals surface area contributed by atoms with Crippen molar-refractivity contribution in [2.75, 3.05) is 19.1 Å². The zero-order valence-corrected chi connectivity index (χ0v) is 15.9. The molecule has 0 saturated carbocycles. The molecule has 3 heteroatoms. The molecule has 3 rings (SSSR count). The number of rotatable bonds is 8. The number of aliphatic hydroxyl groups excluding tert-OH is 1. The smallest absolute Gasteiger partial charge is 0.119 e. The van der Waals surface area contributed by atoms with Gasteiger partial charge >= 0.3 is 0 Å². The zero-order valence-electron chi connectivity index (χ0n) is 15.1. The van der Waals surface area contributed by atoms with E-state index in [4.69, 9.17) is 21.4 Å². The Labute approximate surface area is 165 Å². The Balaban J connectivity index is 2.13. The lowest BCUT2D eigenvalue weighted by Gasteiger charge is -2.17. The van der Waals surface area contributed by atoms with Gasteiger partial charge in [-0.25, -0.2) is 0 Å². The average Bonchev–Trinajstić information content (AvgIpc) is 2.74. The Morgan fingerprint density at radius 3 is 1.85 bits per heavy atom. The van der Waals surface area contributed by atoms with E-state index in [1.54, 1.807) is 0 Å². The number of ether oxygens (including phenoxy) is 1. The van der Waals surface area contributed by atoms with Gasteiger partial charge in [0, 0.05) is 5.88 Å². The molecule has 0 atom stereocenters. The fourth-order valence-electron chi connectivity index (χ4n) is 3.15.